The second-order valence-electron chi connectivity index (χ2n) is 5.09. The second-order valence-corrected chi connectivity index (χ2v) is 5.09. The van der Waals surface area contributed by atoms with E-state index in [0.29, 0.717) is 24.3 Å². The van der Waals surface area contributed by atoms with Crippen LogP contribution in [0.2, 0.25) is 0 Å². The van der Waals surface area contributed by atoms with Crippen LogP contribution in [-0.2, 0) is 0 Å². The minimum Gasteiger partial charge on any atom is -0.399 e. The zero-order valence-corrected chi connectivity index (χ0v) is 13.0. The van der Waals surface area contributed by atoms with E-state index in [9.17, 15) is 4.79 Å². The predicted octanol–water partition coefficient (Wildman–Crippen LogP) is 2.05. The number of piperazine rings is 1. The molecule has 1 fully saturated rings. The predicted molar refractivity (Wildman–Crippen MR) is 90.5 cm³/mol. The lowest BCUT2D eigenvalue weighted by molar-refractivity contribution is 0.0746. The fraction of sp³-hybridized carbons (Fsp3) is 0.250. The van der Waals surface area contributed by atoms with Gasteiger partial charge in [-0.1, -0.05) is 6.07 Å². The zero-order valence-electron chi connectivity index (χ0n) is 12.2. The minimum absolute atomic E-state index is 0. The highest BCUT2D eigenvalue weighted by molar-refractivity contribution is 5.94. The number of carbonyl (C=O) groups excluding carboxylic acids is 1. The molecule has 6 heteroatoms. The van der Waals surface area contributed by atoms with E-state index in [1.807, 2.05) is 23.1 Å². The molecule has 2 aromatic rings. The Kier molecular flexibility index (Phi) is 5.22. The number of carbonyl (C=O) groups is 1. The van der Waals surface area contributed by atoms with Crippen LogP contribution in [-0.4, -0.2) is 42.0 Å². The Morgan fingerprint density at radius 2 is 1.68 bits per heavy atom. The molecule has 1 amide bonds. The Morgan fingerprint density at radius 3 is 2.27 bits per heavy atom. The van der Waals surface area contributed by atoms with Crippen molar-refractivity contribution < 1.29 is 4.79 Å². The van der Waals surface area contributed by atoms with Crippen LogP contribution in [0.15, 0.2) is 48.7 Å². The lowest BCUT2D eigenvalue weighted by Crippen LogP contribution is -2.49. The van der Waals surface area contributed by atoms with Crippen LogP contribution < -0.4 is 10.6 Å². The standard InChI is InChI=1S/C16H18N4O.ClH/c17-14-6-4-13(5-7-14)16(21)20-11-9-19(10-12-20)15-3-1-2-8-18-15;/h1-8H,9-12,17H2;1H. The molecule has 0 unspecified atom stereocenters. The number of benzene rings is 1. The smallest absolute Gasteiger partial charge is 0.253 e. The van der Waals surface area contributed by atoms with Crippen molar-refractivity contribution in [2.24, 2.45) is 0 Å². The van der Waals surface area contributed by atoms with E-state index in [4.69, 9.17) is 5.73 Å². The quantitative estimate of drug-likeness (QED) is 0.861. The summed E-state index contributed by atoms with van der Waals surface area (Å²) in [5.74, 6) is 1.03. The molecule has 1 saturated heterocycles. The molecule has 116 valence electrons. The summed E-state index contributed by atoms with van der Waals surface area (Å²) < 4.78 is 0. The van der Waals surface area contributed by atoms with Gasteiger partial charge in [-0.15, -0.1) is 12.4 Å². The first-order chi connectivity index (χ1) is 10.2. The summed E-state index contributed by atoms with van der Waals surface area (Å²) in [6.07, 6.45) is 1.79. The summed E-state index contributed by atoms with van der Waals surface area (Å²) in [5, 5.41) is 0. The van der Waals surface area contributed by atoms with Gasteiger partial charge in [0.25, 0.3) is 5.91 Å². The summed E-state index contributed by atoms with van der Waals surface area (Å²) in [7, 11) is 0. The van der Waals surface area contributed by atoms with E-state index in [2.05, 4.69) is 9.88 Å². The van der Waals surface area contributed by atoms with E-state index in [-0.39, 0.29) is 18.3 Å². The van der Waals surface area contributed by atoms with Crippen molar-refractivity contribution in [3.63, 3.8) is 0 Å². The van der Waals surface area contributed by atoms with E-state index < -0.39 is 0 Å². The minimum atomic E-state index is 0. The van der Waals surface area contributed by atoms with Crippen molar-refractivity contribution >= 4 is 29.8 Å². The van der Waals surface area contributed by atoms with Crippen LogP contribution in [0, 0.1) is 0 Å². The molecule has 3 rings (SSSR count). The highest BCUT2D eigenvalue weighted by atomic mass is 35.5. The average molecular weight is 319 g/mol. The number of nitrogen functional groups attached to an aromatic ring is 1. The number of hydrogen-bond donors (Lipinski definition) is 1. The van der Waals surface area contributed by atoms with Crippen LogP contribution in [0.25, 0.3) is 0 Å². The van der Waals surface area contributed by atoms with E-state index in [1.54, 1.807) is 30.5 Å². The monoisotopic (exact) mass is 318 g/mol. The first-order valence-corrected chi connectivity index (χ1v) is 7.05. The number of nitrogens with zero attached hydrogens (tertiary/aromatic N) is 3. The molecule has 22 heavy (non-hydrogen) atoms. The Labute approximate surface area is 136 Å². The maximum Gasteiger partial charge on any atom is 0.253 e. The maximum atomic E-state index is 12.4. The molecule has 2 heterocycles. The summed E-state index contributed by atoms with van der Waals surface area (Å²) in [6.45, 7) is 3.02. The van der Waals surface area contributed by atoms with Gasteiger partial charge in [0.05, 0.1) is 0 Å². The van der Waals surface area contributed by atoms with Crippen LogP contribution in [0.5, 0.6) is 0 Å². The van der Waals surface area contributed by atoms with E-state index in [0.717, 1.165) is 18.9 Å². The van der Waals surface area contributed by atoms with Gasteiger partial charge in [-0.05, 0) is 36.4 Å². The van der Waals surface area contributed by atoms with Crippen molar-refractivity contribution in [2.45, 2.75) is 0 Å². The zero-order chi connectivity index (χ0) is 14.7. The normalized spacial score (nSPS) is 14.4. The van der Waals surface area contributed by atoms with Gasteiger partial charge in [-0.25, -0.2) is 4.98 Å². The molecule has 0 saturated carbocycles. The Balaban J connectivity index is 0.00000176. The lowest BCUT2D eigenvalue weighted by Gasteiger charge is -2.35. The van der Waals surface area contributed by atoms with Crippen LogP contribution in [0.1, 0.15) is 10.4 Å². The fourth-order valence-corrected chi connectivity index (χ4v) is 2.49. The molecular weight excluding hydrogens is 300 g/mol. The summed E-state index contributed by atoms with van der Waals surface area (Å²) in [4.78, 5) is 20.8. The van der Waals surface area contributed by atoms with Gasteiger partial charge in [0.1, 0.15) is 5.82 Å². The molecule has 0 atom stereocenters. The first-order valence-electron chi connectivity index (χ1n) is 7.05. The second kappa shape index (κ2) is 7.13. The first kappa shape index (κ1) is 16.1. The van der Waals surface area contributed by atoms with Crippen molar-refractivity contribution in [2.75, 3.05) is 36.8 Å². The number of aromatic nitrogens is 1. The van der Waals surface area contributed by atoms with Gasteiger partial charge >= 0.3 is 0 Å². The fourth-order valence-electron chi connectivity index (χ4n) is 2.49. The maximum absolute atomic E-state index is 12.4. The Morgan fingerprint density at radius 1 is 1.00 bits per heavy atom. The molecular formula is C16H19ClN4O. The summed E-state index contributed by atoms with van der Waals surface area (Å²) in [6, 6.07) is 13.0. The van der Waals surface area contributed by atoms with Gasteiger partial charge in [0.2, 0.25) is 0 Å². The summed E-state index contributed by atoms with van der Waals surface area (Å²) >= 11 is 0. The van der Waals surface area contributed by atoms with Crippen molar-refractivity contribution in [1.29, 1.82) is 0 Å². The molecule has 5 nitrogen and oxygen atoms in total. The molecule has 1 aromatic carbocycles. The highest BCUT2D eigenvalue weighted by Crippen LogP contribution is 2.15. The average Bonchev–Trinajstić information content (AvgIpc) is 2.56. The number of rotatable bonds is 2. The van der Waals surface area contributed by atoms with Crippen molar-refractivity contribution in [1.82, 2.24) is 9.88 Å². The molecule has 1 aliphatic heterocycles. The third-order valence-corrected chi connectivity index (χ3v) is 3.70. The molecule has 0 spiro atoms. The SMILES string of the molecule is Cl.Nc1ccc(C(=O)N2CCN(c3ccccn3)CC2)cc1. The third kappa shape index (κ3) is 3.49. The molecule has 0 radical (unpaired) electrons. The lowest BCUT2D eigenvalue weighted by atomic mass is 10.1. The topological polar surface area (TPSA) is 62.5 Å². The number of anilines is 2. The van der Waals surface area contributed by atoms with Gasteiger partial charge in [-0.2, -0.15) is 0 Å². The molecule has 2 N–H and O–H groups in total. The van der Waals surface area contributed by atoms with Crippen molar-refractivity contribution in [3.05, 3.63) is 54.2 Å². The van der Waals surface area contributed by atoms with Crippen LogP contribution in [0.4, 0.5) is 11.5 Å². The molecule has 1 aliphatic rings. The largest absolute Gasteiger partial charge is 0.399 e. The highest BCUT2D eigenvalue weighted by Gasteiger charge is 2.22. The molecule has 0 bridgehead atoms. The number of hydrogen-bond acceptors (Lipinski definition) is 4. The van der Waals surface area contributed by atoms with Gasteiger partial charge < -0.3 is 15.5 Å². The molecule has 1 aromatic heterocycles. The summed E-state index contributed by atoms with van der Waals surface area (Å²) in [5.41, 5.74) is 7.01. The van der Waals surface area contributed by atoms with E-state index in [1.165, 1.54) is 0 Å². The molecule has 0 aliphatic carbocycles. The number of amides is 1. The number of nitrogens with two attached hydrogens (primary N) is 1. The Bertz CT molecular complexity index is 610. The van der Waals surface area contributed by atoms with Crippen LogP contribution >= 0.6 is 12.4 Å². The number of pyridine rings is 1. The van der Waals surface area contributed by atoms with Gasteiger partial charge in [0, 0.05) is 43.6 Å². The van der Waals surface area contributed by atoms with E-state index >= 15 is 0 Å². The van der Waals surface area contributed by atoms with Gasteiger partial charge in [0.15, 0.2) is 0 Å². The van der Waals surface area contributed by atoms with Gasteiger partial charge in [-0.3, -0.25) is 4.79 Å². The van der Waals surface area contributed by atoms with Crippen LogP contribution in [0.3, 0.4) is 0 Å². The number of halogens is 1. The Hall–Kier alpha value is -2.27. The third-order valence-electron chi connectivity index (χ3n) is 3.70. The van der Waals surface area contributed by atoms with Crippen molar-refractivity contribution in [3.8, 4) is 0 Å².